The van der Waals surface area contributed by atoms with Gasteiger partial charge in [-0.25, -0.2) is 0 Å². The normalized spacial score (nSPS) is 20.1. The van der Waals surface area contributed by atoms with Gasteiger partial charge in [-0.1, -0.05) is 18.2 Å². The maximum atomic E-state index is 4.94. The Morgan fingerprint density at radius 2 is 1.88 bits per heavy atom. The van der Waals surface area contributed by atoms with Crippen LogP contribution in [0.1, 0.15) is 26.7 Å². The van der Waals surface area contributed by atoms with E-state index < -0.39 is 0 Å². The summed E-state index contributed by atoms with van der Waals surface area (Å²) in [6.07, 6.45) is 2.71. The van der Waals surface area contributed by atoms with Gasteiger partial charge in [-0.15, -0.1) is 0 Å². The van der Waals surface area contributed by atoms with Crippen LogP contribution in [-0.4, -0.2) is 74.2 Å². The molecule has 0 spiro atoms. The summed E-state index contributed by atoms with van der Waals surface area (Å²) in [6.45, 7) is 10.4. The second-order valence-corrected chi connectivity index (χ2v) is 7.25. The van der Waals surface area contributed by atoms with Crippen LogP contribution in [0.25, 0.3) is 0 Å². The first-order valence-corrected chi connectivity index (χ1v) is 9.74. The van der Waals surface area contributed by atoms with E-state index in [0.717, 1.165) is 51.3 Å². The van der Waals surface area contributed by atoms with Crippen molar-refractivity contribution in [1.29, 1.82) is 0 Å². The molecule has 1 aliphatic heterocycles. The number of rotatable bonds is 6. The van der Waals surface area contributed by atoms with Crippen LogP contribution in [-0.2, 0) is 0 Å². The summed E-state index contributed by atoms with van der Waals surface area (Å²) in [6, 6.07) is 12.0. The lowest BCUT2D eigenvalue weighted by atomic mass is 10.2. The number of piperazine rings is 1. The molecule has 3 rings (SSSR count). The fraction of sp³-hybridized carbons (Fsp3) is 0.650. The first kappa shape index (κ1) is 18.1. The van der Waals surface area contributed by atoms with Crippen LogP contribution < -0.4 is 10.2 Å². The van der Waals surface area contributed by atoms with E-state index in [4.69, 9.17) is 4.99 Å². The van der Waals surface area contributed by atoms with Crippen LogP contribution in [0.5, 0.6) is 0 Å². The molecule has 2 aliphatic rings. The molecule has 138 valence electrons. The molecule has 1 heterocycles. The first-order valence-electron chi connectivity index (χ1n) is 9.74. The monoisotopic (exact) mass is 343 g/mol. The number of anilines is 1. The third-order valence-electron chi connectivity index (χ3n) is 5.36. The predicted molar refractivity (Wildman–Crippen MR) is 106 cm³/mol. The fourth-order valence-corrected chi connectivity index (χ4v) is 3.43. The molecule has 1 aliphatic carbocycles. The van der Waals surface area contributed by atoms with Gasteiger partial charge in [0, 0.05) is 50.5 Å². The summed E-state index contributed by atoms with van der Waals surface area (Å²) < 4.78 is 0. The van der Waals surface area contributed by atoms with Crippen molar-refractivity contribution < 1.29 is 0 Å². The van der Waals surface area contributed by atoms with Crippen LogP contribution in [0.15, 0.2) is 35.3 Å². The number of nitrogens with zero attached hydrogens (tertiary/aromatic N) is 4. The van der Waals surface area contributed by atoms with E-state index in [1.807, 2.05) is 0 Å². The molecular weight excluding hydrogens is 310 g/mol. The van der Waals surface area contributed by atoms with E-state index in [2.05, 4.69) is 71.2 Å². The highest BCUT2D eigenvalue weighted by Gasteiger charge is 2.29. The minimum Gasteiger partial charge on any atom is -0.368 e. The van der Waals surface area contributed by atoms with E-state index >= 15 is 0 Å². The van der Waals surface area contributed by atoms with E-state index in [1.165, 1.54) is 18.5 Å². The van der Waals surface area contributed by atoms with Crippen molar-refractivity contribution in [1.82, 2.24) is 15.1 Å². The van der Waals surface area contributed by atoms with Gasteiger partial charge in [0.05, 0.1) is 6.54 Å². The van der Waals surface area contributed by atoms with Gasteiger partial charge in [0.25, 0.3) is 0 Å². The second kappa shape index (κ2) is 8.56. The summed E-state index contributed by atoms with van der Waals surface area (Å²) in [7, 11) is 2.24. The zero-order chi connectivity index (χ0) is 17.6. The molecule has 1 aromatic rings. The SMILES string of the molecule is CCNC(=NCC(C)N(C)C1CC1)N1CCN(c2ccccc2)CC1. The number of hydrogen-bond acceptors (Lipinski definition) is 3. The van der Waals surface area contributed by atoms with Crippen LogP contribution in [0, 0.1) is 0 Å². The molecule has 0 amide bonds. The van der Waals surface area contributed by atoms with Crippen LogP contribution in [0.4, 0.5) is 5.69 Å². The van der Waals surface area contributed by atoms with Crippen molar-refractivity contribution in [3.8, 4) is 0 Å². The van der Waals surface area contributed by atoms with Crippen LogP contribution in [0.2, 0.25) is 0 Å². The Morgan fingerprint density at radius 3 is 2.48 bits per heavy atom. The molecule has 1 N–H and O–H groups in total. The van der Waals surface area contributed by atoms with E-state index in [-0.39, 0.29) is 0 Å². The van der Waals surface area contributed by atoms with Gasteiger partial charge >= 0.3 is 0 Å². The summed E-state index contributed by atoms with van der Waals surface area (Å²) >= 11 is 0. The van der Waals surface area contributed by atoms with E-state index in [0.29, 0.717) is 6.04 Å². The highest BCUT2D eigenvalue weighted by Crippen LogP contribution is 2.26. The third kappa shape index (κ3) is 4.88. The lowest BCUT2D eigenvalue weighted by Gasteiger charge is -2.38. The van der Waals surface area contributed by atoms with Gasteiger partial charge in [-0.2, -0.15) is 0 Å². The zero-order valence-corrected chi connectivity index (χ0v) is 16.0. The van der Waals surface area contributed by atoms with Crippen LogP contribution in [0.3, 0.4) is 0 Å². The molecular formula is C20H33N5. The van der Waals surface area contributed by atoms with Crippen molar-refractivity contribution in [3.63, 3.8) is 0 Å². The van der Waals surface area contributed by atoms with Gasteiger partial charge in [0.1, 0.15) is 0 Å². The molecule has 2 fully saturated rings. The van der Waals surface area contributed by atoms with Crippen molar-refractivity contribution >= 4 is 11.6 Å². The van der Waals surface area contributed by atoms with Gasteiger partial charge in [0.2, 0.25) is 0 Å². The van der Waals surface area contributed by atoms with Crippen LogP contribution >= 0.6 is 0 Å². The maximum Gasteiger partial charge on any atom is 0.194 e. The molecule has 1 unspecified atom stereocenters. The Hall–Kier alpha value is -1.75. The molecule has 1 saturated heterocycles. The number of guanidine groups is 1. The van der Waals surface area contributed by atoms with Crippen molar-refractivity contribution in [2.45, 2.75) is 38.8 Å². The number of nitrogens with one attached hydrogen (secondary N) is 1. The second-order valence-electron chi connectivity index (χ2n) is 7.25. The Kier molecular flexibility index (Phi) is 6.19. The molecule has 1 saturated carbocycles. The minimum atomic E-state index is 0.506. The molecule has 25 heavy (non-hydrogen) atoms. The molecule has 0 bridgehead atoms. The van der Waals surface area contributed by atoms with Gasteiger partial charge < -0.3 is 15.1 Å². The number of para-hydroxylation sites is 1. The lowest BCUT2D eigenvalue weighted by Crippen LogP contribution is -2.52. The number of benzene rings is 1. The predicted octanol–water partition coefficient (Wildman–Crippen LogP) is 2.26. The number of likely N-dealkylation sites (N-methyl/N-ethyl adjacent to an activating group) is 1. The number of hydrogen-bond donors (Lipinski definition) is 1. The van der Waals surface area contributed by atoms with Crippen molar-refractivity contribution in [2.24, 2.45) is 4.99 Å². The molecule has 5 heteroatoms. The Morgan fingerprint density at radius 1 is 1.20 bits per heavy atom. The summed E-state index contributed by atoms with van der Waals surface area (Å²) in [5.74, 6) is 1.08. The molecule has 5 nitrogen and oxygen atoms in total. The van der Waals surface area contributed by atoms with E-state index in [9.17, 15) is 0 Å². The molecule has 0 radical (unpaired) electrons. The summed E-state index contributed by atoms with van der Waals surface area (Å²) in [5, 5.41) is 3.48. The van der Waals surface area contributed by atoms with E-state index in [1.54, 1.807) is 0 Å². The molecule has 1 atom stereocenters. The Bertz CT molecular complexity index is 546. The third-order valence-corrected chi connectivity index (χ3v) is 5.36. The molecule has 0 aromatic heterocycles. The topological polar surface area (TPSA) is 34.1 Å². The summed E-state index contributed by atoms with van der Waals surface area (Å²) in [4.78, 5) is 12.3. The zero-order valence-electron chi connectivity index (χ0n) is 16.0. The maximum absolute atomic E-state index is 4.94. The van der Waals surface area contributed by atoms with Gasteiger partial charge in [0.15, 0.2) is 5.96 Å². The fourth-order valence-electron chi connectivity index (χ4n) is 3.43. The minimum absolute atomic E-state index is 0.506. The first-order chi connectivity index (χ1) is 12.2. The quantitative estimate of drug-likeness (QED) is 0.635. The average Bonchev–Trinajstić information content (AvgIpc) is 3.50. The van der Waals surface area contributed by atoms with Crippen molar-refractivity contribution in [2.75, 3.05) is 51.2 Å². The average molecular weight is 344 g/mol. The Balaban J connectivity index is 1.55. The van der Waals surface area contributed by atoms with Crippen molar-refractivity contribution in [3.05, 3.63) is 30.3 Å². The van der Waals surface area contributed by atoms with Gasteiger partial charge in [-0.05, 0) is 45.9 Å². The summed E-state index contributed by atoms with van der Waals surface area (Å²) in [5.41, 5.74) is 1.32. The Labute approximate surface area is 152 Å². The highest BCUT2D eigenvalue weighted by atomic mass is 15.3. The standard InChI is InChI=1S/C20H33N5/c1-4-21-20(22-16-17(2)23(3)18-10-11-18)25-14-12-24(13-15-25)19-8-6-5-7-9-19/h5-9,17-18H,4,10-16H2,1-3H3,(H,21,22). The number of aliphatic imine (C=N–C) groups is 1. The van der Waals surface area contributed by atoms with Gasteiger partial charge in [-0.3, -0.25) is 9.89 Å². The molecule has 1 aromatic carbocycles. The largest absolute Gasteiger partial charge is 0.368 e. The smallest absolute Gasteiger partial charge is 0.194 e. The highest BCUT2D eigenvalue weighted by molar-refractivity contribution is 5.80. The lowest BCUT2D eigenvalue weighted by molar-refractivity contribution is 0.252.